The standard InChI is InChI=1S/C14H8F2O/c1-7-4-9(16)6-12-13(7)10-3-2-8(15)5-11(10)14(12)17/h2-6H,1H3. The first kappa shape index (κ1) is 10.1. The Morgan fingerprint density at radius 3 is 2.35 bits per heavy atom. The lowest BCUT2D eigenvalue weighted by atomic mass is 10.0. The summed E-state index contributed by atoms with van der Waals surface area (Å²) < 4.78 is 26.4. The summed E-state index contributed by atoms with van der Waals surface area (Å²) in [6.45, 7) is 1.74. The van der Waals surface area contributed by atoms with Crippen LogP contribution in [-0.4, -0.2) is 5.78 Å². The molecule has 0 amide bonds. The van der Waals surface area contributed by atoms with Gasteiger partial charge >= 0.3 is 0 Å². The third-order valence-electron chi connectivity index (χ3n) is 3.04. The zero-order valence-corrected chi connectivity index (χ0v) is 9.05. The minimum absolute atomic E-state index is 0.308. The summed E-state index contributed by atoms with van der Waals surface area (Å²) in [7, 11) is 0. The predicted molar refractivity (Wildman–Crippen MR) is 60.0 cm³/mol. The predicted octanol–water partition coefficient (Wildman–Crippen LogP) is 3.48. The molecule has 3 heteroatoms. The maximum atomic E-state index is 13.3. The van der Waals surface area contributed by atoms with Gasteiger partial charge in [0.05, 0.1) is 0 Å². The minimum Gasteiger partial charge on any atom is -0.289 e. The van der Waals surface area contributed by atoms with Crippen molar-refractivity contribution in [3.05, 3.63) is 58.7 Å². The molecule has 0 unspecified atom stereocenters. The van der Waals surface area contributed by atoms with Gasteiger partial charge in [-0.05, 0) is 47.9 Å². The number of rotatable bonds is 0. The topological polar surface area (TPSA) is 17.1 Å². The summed E-state index contributed by atoms with van der Waals surface area (Å²) in [5.74, 6) is -1.21. The number of hydrogen-bond acceptors (Lipinski definition) is 1. The van der Waals surface area contributed by atoms with Crippen molar-refractivity contribution in [1.82, 2.24) is 0 Å². The van der Waals surface area contributed by atoms with E-state index >= 15 is 0 Å². The molecule has 0 aromatic heterocycles. The highest BCUT2D eigenvalue weighted by atomic mass is 19.1. The molecule has 0 spiro atoms. The molecule has 0 atom stereocenters. The van der Waals surface area contributed by atoms with Gasteiger partial charge in [0, 0.05) is 11.1 Å². The molecule has 1 aliphatic rings. The van der Waals surface area contributed by atoms with Gasteiger partial charge in [0.2, 0.25) is 0 Å². The molecule has 0 saturated carbocycles. The van der Waals surface area contributed by atoms with Crippen molar-refractivity contribution >= 4 is 5.78 Å². The molecule has 0 fully saturated rings. The quantitative estimate of drug-likeness (QED) is 0.577. The van der Waals surface area contributed by atoms with E-state index in [0.717, 1.165) is 0 Å². The molecule has 84 valence electrons. The molecule has 0 heterocycles. The molecule has 2 aromatic rings. The first-order chi connectivity index (χ1) is 8.08. The minimum atomic E-state index is -0.456. The smallest absolute Gasteiger partial charge is 0.194 e. The highest BCUT2D eigenvalue weighted by Gasteiger charge is 2.28. The molecule has 0 saturated heterocycles. The monoisotopic (exact) mass is 230 g/mol. The van der Waals surface area contributed by atoms with Crippen LogP contribution in [0.1, 0.15) is 21.5 Å². The molecule has 17 heavy (non-hydrogen) atoms. The van der Waals surface area contributed by atoms with Crippen molar-refractivity contribution in [2.24, 2.45) is 0 Å². The lowest BCUT2D eigenvalue weighted by Gasteiger charge is -2.04. The first-order valence-electron chi connectivity index (χ1n) is 5.22. The van der Waals surface area contributed by atoms with Gasteiger partial charge in [-0.15, -0.1) is 0 Å². The summed E-state index contributed by atoms with van der Waals surface area (Å²) in [5, 5.41) is 0. The second kappa shape index (κ2) is 3.23. The number of carbonyl (C=O) groups is 1. The lowest BCUT2D eigenvalue weighted by Crippen LogP contribution is -1.96. The molecular formula is C14H8F2O. The molecule has 0 bridgehead atoms. The first-order valence-corrected chi connectivity index (χ1v) is 5.22. The summed E-state index contributed by atoms with van der Waals surface area (Å²) in [6, 6.07) is 6.67. The summed E-state index contributed by atoms with van der Waals surface area (Å²) in [4.78, 5) is 12.0. The molecule has 0 radical (unpaired) electrons. The maximum absolute atomic E-state index is 13.3. The van der Waals surface area contributed by atoms with Crippen LogP contribution < -0.4 is 0 Å². The van der Waals surface area contributed by atoms with E-state index < -0.39 is 11.6 Å². The van der Waals surface area contributed by atoms with Crippen LogP contribution in [0, 0.1) is 18.6 Å². The molecule has 2 aromatic carbocycles. The number of ketones is 1. The molecule has 1 nitrogen and oxygen atoms in total. The van der Waals surface area contributed by atoms with E-state index in [4.69, 9.17) is 0 Å². The van der Waals surface area contributed by atoms with E-state index in [1.165, 1.54) is 24.3 Å². The zero-order valence-electron chi connectivity index (χ0n) is 9.05. The van der Waals surface area contributed by atoms with E-state index in [-0.39, 0.29) is 5.78 Å². The number of benzene rings is 2. The van der Waals surface area contributed by atoms with E-state index in [1.54, 1.807) is 13.0 Å². The largest absolute Gasteiger partial charge is 0.289 e. The van der Waals surface area contributed by atoms with Gasteiger partial charge in [-0.3, -0.25) is 4.79 Å². The van der Waals surface area contributed by atoms with Gasteiger partial charge in [-0.2, -0.15) is 0 Å². The Morgan fingerprint density at radius 2 is 1.59 bits per heavy atom. The Bertz CT molecular complexity index is 660. The summed E-state index contributed by atoms with van der Waals surface area (Å²) >= 11 is 0. The SMILES string of the molecule is Cc1cc(F)cc2c1-c1ccc(F)cc1C2=O. The van der Waals surface area contributed by atoms with E-state index in [2.05, 4.69) is 0 Å². The Kier molecular flexibility index (Phi) is 1.93. The van der Waals surface area contributed by atoms with Gasteiger partial charge < -0.3 is 0 Å². The number of fused-ring (bicyclic) bond motifs is 3. The van der Waals surface area contributed by atoms with Crippen molar-refractivity contribution in [1.29, 1.82) is 0 Å². The lowest BCUT2D eigenvalue weighted by molar-refractivity contribution is 0.104. The third-order valence-corrected chi connectivity index (χ3v) is 3.04. The molecule has 3 rings (SSSR count). The Labute approximate surface area is 96.7 Å². The maximum Gasteiger partial charge on any atom is 0.194 e. The van der Waals surface area contributed by atoms with Crippen LogP contribution in [0.2, 0.25) is 0 Å². The number of carbonyl (C=O) groups excluding carboxylic acids is 1. The molecule has 0 aliphatic heterocycles. The highest BCUT2D eigenvalue weighted by molar-refractivity contribution is 6.22. The number of hydrogen-bond donors (Lipinski definition) is 0. The van der Waals surface area contributed by atoms with Crippen LogP contribution in [0.5, 0.6) is 0 Å². The summed E-state index contributed by atoms with van der Waals surface area (Å²) in [5.41, 5.74) is 2.73. The van der Waals surface area contributed by atoms with Crippen molar-refractivity contribution in [3.8, 4) is 11.1 Å². The van der Waals surface area contributed by atoms with Crippen LogP contribution >= 0.6 is 0 Å². The van der Waals surface area contributed by atoms with Crippen LogP contribution in [-0.2, 0) is 0 Å². The molecule has 1 aliphatic carbocycles. The Balaban J connectivity index is 2.39. The van der Waals surface area contributed by atoms with Crippen molar-refractivity contribution in [2.75, 3.05) is 0 Å². The van der Waals surface area contributed by atoms with Gasteiger partial charge in [0.25, 0.3) is 0 Å². The van der Waals surface area contributed by atoms with Crippen molar-refractivity contribution < 1.29 is 13.6 Å². The van der Waals surface area contributed by atoms with E-state index in [9.17, 15) is 13.6 Å². The van der Waals surface area contributed by atoms with Crippen LogP contribution in [0.15, 0.2) is 30.3 Å². The van der Waals surface area contributed by atoms with Crippen molar-refractivity contribution in [3.63, 3.8) is 0 Å². The second-order valence-electron chi connectivity index (χ2n) is 4.16. The fourth-order valence-corrected chi connectivity index (χ4v) is 2.35. The van der Waals surface area contributed by atoms with Gasteiger partial charge in [-0.25, -0.2) is 8.78 Å². The summed E-state index contributed by atoms with van der Waals surface area (Å²) in [6.07, 6.45) is 0. The highest BCUT2D eigenvalue weighted by Crippen LogP contribution is 2.39. The van der Waals surface area contributed by atoms with Crippen LogP contribution in [0.4, 0.5) is 8.78 Å². The van der Waals surface area contributed by atoms with E-state index in [0.29, 0.717) is 27.8 Å². The van der Waals surface area contributed by atoms with E-state index in [1.807, 2.05) is 0 Å². The third kappa shape index (κ3) is 1.32. The molecular weight excluding hydrogens is 222 g/mol. The number of halogens is 2. The van der Waals surface area contributed by atoms with Crippen molar-refractivity contribution in [2.45, 2.75) is 6.92 Å². The zero-order chi connectivity index (χ0) is 12.2. The van der Waals surface area contributed by atoms with Crippen LogP contribution in [0.3, 0.4) is 0 Å². The van der Waals surface area contributed by atoms with Gasteiger partial charge in [-0.1, -0.05) is 6.07 Å². The fourth-order valence-electron chi connectivity index (χ4n) is 2.35. The Morgan fingerprint density at radius 1 is 0.882 bits per heavy atom. The fraction of sp³-hybridized carbons (Fsp3) is 0.0714. The van der Waals surface area contributed by atoms with Gasteiger partial charge in [0.15, 0.2) is 5.78 Å². The second-order valence-corrected chi connectivity index (χ2v) is 4.16. The number of aryl methyl sites for hydroxylation is 1. The normalized spacial score (nSPS) is 12.5. The molecule has 0 N–H and O–H groups in total. The Hall–Kier alpha value is -2.03. The average molecular weight is 230 g/mol. The average Bonchev–Trinajstić information content (AvgIpc) is 2.53. The van der Waals surface area contributed by atoms with Crippen LogP contribution in [0.25, 0.3) is 11.1 Å². The van der Waals surface area contributed by atoms with Gasteiger partial charge in [0.1, 0.15) is 11.6 Å².